The van der Waals surface area contributed by atoms with Gasteiger partial charge in [0.25, 0.3) is 0 Å². The molecular formula is C63H31F6N9. The van der Waals surface area contributed by atoms with Crippen molar-refractivity contribution in [1.82, 2.24) is 24.1 Å². The van der Waals surface area contributed by atoms with Crippen molar-refractivity contribution in [2.75, 3.05) is 0 Å². The molecule has 78 heavy (non-hydrogen) atoms. The molecule has 15 heteroatoms. The fourth-order valence-corrected chi connectivity index (χ4v) is 10.2. The van der Waals surface area contributed by atoms with E-state index in [0.717, 1.165) is 35.0 Å². The zero-order valence-electron chi connectivity index (χ0n) is 40.2. The monoisotopic (exact) mass is 1030 g/mol. The number of para-hydroxylation sites is 2. The fraction of sp³-hybridized carbons (Fsp3) is 0.0317. The molecule has 0 spiro atoms. The number of hydrogen-bond acceptors (Lipinski definition) is 7. The second kappa shape index (κ2) is 18.5. The lowest BCUT2D eigenvalue weighted by Crippen LogP contribution is -2.10. The molecule has 0 saturated heterocycles. The lowest BCUT2D eigenvalue weighted by atomic mass is 9.99. The summed E-state index contributed by atoms with van der Waals surface area (Å²) in [7, 11) is 0. The van der Waals surface area contributed by atoms with Gasteiger partial charge in [0, 0.05) is 38.2 Å². The van der Waals surface area contributed by atoms with E-state index in [1.54, 1.807) is 75.9 Å². The van der Waals surface area contributed by atoms with Crippen molar-refractivity contribution < 1.29 is 26.3 Å². The van der Waals surface area contributed by atoms with E-state index in [1.807, 2.05) is 72.8 Å². The second-order valence-electron chi connectivity index (χ2n) is 18.3. The lowest BCUT2D eigenvalue weighted by Gasteiger charge is -2.19. The average molecular weight is 1030 g/mol. The van der Waals surface area contributed by atoms with Crippen molar-refractivity contribution in [3.05, 3.63) is 221 Å². The topological polar surface area (TPSA) is 144 Å². The van der Waals surface area contributed by atoms with Gasteiger partial charge in [0.2, 0.25) is 0 Å². The number of fused-ring (bicyclic) bond motifs is 6. The Hall–Kier alpha value is -10.9. The van der Waals surface area contributed by atoms with Crippen LogP contribution in [-0.4, -0.2) is 24.1 Å². The third-order valence-corrected chi connectivity index (χ3v) is 13.7. The first-order valence-corrected chi connectivity index (χ1v) is 23.9. The molecule has 9 aromatic carbocycles. The largest absolute Gasteiger partial charge is 0.416 e. The van der Waals surface area contributed by atoms with Crippen LogP contribution in [0.25, 0.3) is 111 Å². The number of rotatable bonds is 7. The molecule has 0 bridgehead atoms. The fourth-order valence-electron chi connectivity index (χ4n) is 10.2. The maximum Gasteiger partial charge on any atom is 0.416 e. The number of nitriles is 4. The molecule has 12 rings (SSSR count). The van der Waals surface area contributed by atoms with Crippen LogP contribution >= 0.6 is 0 Å². The van der Waals surface area contributed by atoms with E-state index >= 15 is 26.3 Å². The van der Waals surface area contributed by atoms with Gasteiger partial charge in [0.1, 0.15) is 0 Å². The Morgan fingerprint density at radius 2 is 0.692 bits per heavy atom. The van der Waals surface area contributed by atoms with Crippen LogP contribution in [0.1, 0.15) is 33.4 Å². The maximum absolute atomic E-state index is 15.1. The van der Waals surface area contributed by atoms with Crippen LogP contribution in [0.3, 0.4) is 0 Å². The van der Waals surface area contributed by atoms with Crippen LogP contribution in [0.5, 0.6) is 0 Å². The Kier molecular flexibility index (Phi) is 11.4. The van der Waals surface area contributed by atoms with Gasteiger partial charge in [-0.25, -0.2) is 15.0 Å². The van der Waals surface area contributed by atoms with Crippen molar-refractivity contribution >= 4 is 43.6 Å². The number of benzene rings is 9. The summed E-state index contributed by atoms with van der Waals surface area (Å²) in [6.07, 6.45) is -9.75. The summed E-state index contributed by atoms with van der Waals surface area (Å²) in [6.45, 7) is 0. The normalized spacial score (nSPS) is 11.7. The summed E-state index contributed by atoms with van der Waals surface area (Å²) >= 11 is 0. The molecule has 0 unspecified atom stereocenters. The molecule has 0 aliphatic carbocycles. The summed E-state index contributed by atoms with van der Waals surface area (Å²) in [5.41, 5.74) is 3.90. The van der Waals surface area contributed by atoms with Gasteiger partial charge in [0.15, 0.2) is 17.5 Å². The minimum absolute atomic E-state index is 0.0484. The molecule has 0 radical (unpaired) electrons. The van der Waals surface area contributed by atoms with Crippen molar-refractivity contribution in [3.8, 4) is 92.1 Å². The summed E-state index contributed by atoms with van der Waals surface area (Å²) < 4.78 is 94.2. The summed E-state index contributed by atoms with van der Waals surface area (Å²) in [5.74, 6) is -0.630. The molecule has 0 aliphatic heterocycles. The molecule has 3 aromatic heterocycles. The number of alkyl halides is 6. The lowest BCUT2D eigenvalue weighted by molar-refractivity contribution is -0.138. The molecule has 3 heterocycles. The third kappa shape index (κ3) is 8.35. The van der Waals surface area contributed by atoms with E-state index in [4.69, 9.17) is 15.0 Å². The van der Waals surface area contributed by atoms with Crippen LogP contribution in [0.2, 0.25) is 0 Å². The Labute approximate surface area is 439 Å². The van der Waals surface area contributed by atoms with Crippen molar-refractivity contribution in [2.24, 2.45) is 0 Å². The van der Waals surface area contributed by atoms with E-state index in [9.17, 15) is 21.0 Å². The van der Waals surface area contributed by atoms with Crippen LogP contribution in [0.15, 0.2) is 188 Å². The minimum Gasteiger partial charge on any atom is -0.308 e. The van der Waals surface area contributed by atoms with Gasteiger partial charge >= 0.3 is 12.4 Å². The molecule has 0 aliphatic rings. The molecule has 0 fully saturated rings. The highest BCUT2D eigenvalue weighted by Gasteiger charge is 2.34. The van der Waals surface area contributed by atoms with E-state index in [0.29, 0.717) is 60.7 Å². The standard InChI is InChI=1S/C63H31F6N9/c64-62(65,66)45-16-20-55(77-53-12-6-4-10-47(53)49-18-14-41(28-57(49)77)43-24-36(32-70)22-37(25-43)33-71)51(30-45)60-74-59(40-8-2-1-3-9-40)75-61(76-60)52-31-46(63(67,68)69)17-21-56(52)78-54-13-7-5-11-48(54)50-19-15-42(29-58(50)78)44-26-38(34-72)23-39(27-44)35-73/h1-31H. The Morgan fingerprint density at radius 3 is 1.09 bits per heavy atom. The molecule has 0 N–H and O–H groups in total. The van der Waals surface area contributed by atoms with Crippen molar-refractivity contribution in [2.45, 2.75) is 12.4 Å². The zero-order chi connectivity index (χ0) is 54.0. The van der Waals surface area contributed by atoms with Crippen LogP contribution in [0.4, 0.5) is 26.3 Å². The minimum atomic E-state index is -4.88. The second-order valence-corrected chi connectivity index (χ2v) is 18.3. The first-order valence-electron chi connectivity index (χ1n) is 23.9. The van der Waals surface area contributed by atoms with Crippen molar-refractivity contribution in [1.29, 1.82) is 21.0 Å². The molecule has 0 atom stereocenters. The first kappa shape index (κ1) is 48.1. The Balaban J connectivity index is 1.16. The van der Waals surface area contributed by atoms with Gasteiger partial charge in [-0.3, -0.25) is 0 Å². The quantitative estimate of drug-likeness (QED) is 0.145. The van der Waals surface area contributed by atoms with Gasteiger partial charge in [-0.2, -0.15) is 47.4 Å². The predicted octanol–water partition coefficient (Wildman–Crippen LogP) is 15.9. The first-order chi connectivity index (χ1) is 37.7. The van der Waals surface area contributed by atoms with Gasteiger partial charge in [-0.15, -0.1) is 0 Å². The molecule has 12 aromatic rings. The van der Waals surface area contributed by atoms with E-state index in [2.05, 4.69) is 24.3 Å². The SMILES string of the molecule is N#Cc1cc(C#N)cc(-c2ccc3c4ccccc4n(-c4ccc(C(F)(F)F)cc4-c4nc(-c5ccccc5)nc(-c5cc(C(F)(F)F)ccc5-n5c6ccccc6c6ccc(-c7cc(C#N)cc(C#N)c7)cc65)n4)c3c2)c1. The van der Waals surface area contributed by atoms with Gasteiger partial charge in [-0.05, 0) is 119 Å². The highest BCUT2D eigenvalue weighted by Crippen LogP contribution is 2.44. The Bertz CT molecular complexity index is 4320. The summed E-state index contributed by atoms with van der Waals surface area (Å²) in [5, 5.41) is 42.3. The van der Waals surface area contributed by atoms with Crippen molar-refractivity contribution in [3.63, 3.8) is 0 Å². The number of hydrogen-bond donors (Lipinski definition) is 0. The third-order valence-electron chi connectivity index (χ3n) is 13.7. The van der Waals surface area contributed by atoms with E-state index in [1.165, 1.54) is 24.3 Å². The number of aromatic nitrogens is 5. The molecule has 0 amide bonds. The molecular weight excluding hydrogens is 997 g/mol. The zero-order valence-corrected chi connectivity index (χ0v) is 40.2. The predicted molar refractivity (Wildman–Crippen MR) is 285 cm³/mol. The number of nitrogens with zero attached hydrogens (tertiary/aromatic N) is 9. The van der Waals surface area contributed by atoms with Crippen LogP contribution < -0.4 is 0 Å². The molecule has 370 valence electrons. The van der Waals surface area contributed by atoms with E-state index in [-0.39, 0.29) is 62.2 Å². The van der Waals surface area contributed by atoms with Gasteiger partial charge in [-0.1, -0.05) is 91.0 Å². The summed E-state index contributed by atoms with van der Waals surface area (Å²) in [6, 6.07) is 58.3. The number of halogens is 6. The Morgan fingerprint density at radius 1 is 0.321 bits per heavy atom. The van der Waals surface area contributed by atoms with E-state index < -0.39 is 23.5 Å². The molecule has 0 saturated carbocycles. The molecule has 9 nitrogen and oxygen atoms in total. The highest BCUT2D eigenvalue weighted by atomic mass is 19.4. The summed E-state index contributed by atoms with van der Waals surface area (Å²) in [4.78, 5) is 14.6. The van der Waals surface area contributed by atoms with Gasteiger partial charge < -0.3 is 9.13 Å². The van der Waals surface area contributed by atoms with Crippen LogP contribution in [0, 0.1) is 45.3 Å². The maximum atomic E-state index is 15.1. The average Bonchev–Trinajstić information content (AvgIpc) is 4.18. The van der Waals surface area contributed by atoms with Gasteiger partial charge in [0.05, 0.1) is 91.1 Å². The van der Waals surface area contributed by atoms with Crippen LogP contribution in [-0.2, 0) is 12.4 Å². The smallest absolute Gasteiger partial charge is 0.308 e. The highest BCUT2D eigenvalue weighted by molar-refractivity contribution is 6.12.